The summed E-state index contributed by atoms with van der Waals surface area (Å²) in [5.41, 5.74) is 3.10. The Morgan fingerprint density at radius 1 is 0.848 bits per heavy atom. The largest absolute Gasteiger partial charge is 0.365 e. The molecule has 33 heavy (non-hydrogen) atoms. The van der Waals surface area contributed by atoms with Crippen molar-refractivity contribution in [2.45, 2.75) is 6.54 Å². The summed E-state index contributed by atoms with van der Waals surface area (Å²) in [4.78, 5) is 17.4. The van der Waals surface area contributed by atoms with E-state index in [2.05, 4.69) is 15.2 Å². The van der Waals surface area contributed by atoms with Crippen molar-refractivity contribution in [2.24, 2.45) is 0 Å². The van der Waals surface area contributed by atoms with Gasteiger partial charge in [0, 0.05) is 21.8 Å². The average molecular weight is 473 g/mol. The second-order valence-electron chi connectivity index (χ2n) is 7.24. The molecule has 0 saturated carbocycles. The zero-order valence-electron chi connectivity index (χ0n) is 17.2. The summed E-state index contributed by atoms with van der Waals surface area (Å²) in [6.07, 6.45) is 0. The van der Waals surface area contributed by atoms with Gasteiger partial charge in [0.25, 0.3) is 0 Å². The Morgan fingerprint density at radius 3 is 2.09 bits per heavy atom. The lowest BCUT2D eigenvalue weighted by Crippen LogP contribution is -2.28. The number of rotatable bonds is 5. The van der Waals surface area contributed by atoms with Crippen LogP contribution in [-0.2, 0) is 6.54 Å². The molecule has 3 aromatic carbocycles. The lowest BCUT2D eigenvalue weighted by atomic mass is 10.0. The fourth-order valence-electron chi connectivity index (χ4n) is 3.53. The van der Waals surface area contributed by atoms with Gasteiger partial charge in [-0.2, -0.15) is 15.2 Å². The zero-order chi connectivity index (χ0) is 22.8. The number of halogens is 1. The van der Waals surface area contributed by atoms with Gasteiger partial charge in [-0.25, -0.2) is 9.48 Å². The molecule has 0 radical (unpaired) electrons. The van der Waals surface area contributed by atoms with Crippen LogP contribution in [0.25, 0.3) is 28.2 Å². The third kappa shape index (κ3) is 4.26. The maximum Gasteiger partial charge on any atom is 0.365 e. The summed E-state index contributed by atoms with van der Waals surface area (Å²) >= 11 is 11.4. The van der Waals surface area contributed by atoms with Crippen LogP contribution in [0.5, 0.6) is 0 Å². The van der Waals surface area contributed by atoms with Crippen LogP contribution < -0.4 is 5.69 Å². The quantitative estimate of drug-likeness (QED) is 0.367. The van der Waals surface area contributed by atoms with Gasteiger partial charge in [-0.05, 0) is 36.5 Å². The minimum absolute atomic E-state index is 0.0799. The van der Waals surface area contributed by atoms with Gasteiger partial charge in [0.15, 0.2) is 10.6 Å². The van der Waals surface area contributed by atoms with E-state index < -0.39 is 5.69 Å². The number of H-pyrrole nitrogens is 1. The molecule has 0 aliphatic carbocycles. The van der Waals surface area contributed by atoms with E-state index in [-0.39, 0.29) is 6.54 Å². The van der Waals surface area contributed by atoms with Gasteiger partial charge in [-0.3, -0.25) is 9.67 Å². The van der Waals surface area contributed by atoms with Crippen LogP contribution in [0, 0.1) is 4.77 Å². The Hall–Kier alpha value is -3.88. The maximum absolute atomic E-state index is 13.0. The van der Waals surface area contributed by atoms with E-state index in [4.69, 9.17) is 28.9 Å². The molecule has 2 heterocycles. The molecule has 2 aromatic heterocycles. The van der Waals surface area contributed by atoms with Crippen molar-refractivity contribution in [1.82, 2.24) is 29.5 Å². The molecular weight excluding hydrogens is 456 g/mol. The smallest absolute Gasteiger partial charge is 0.271 e. The number of benzene rings is 3. The van der Waals surface area contributed by atoms with Crippen molar-refractivity contribution in [3.63, 3.8) is 0 Å². The monoisotopic (exact) mass is 472 g/mol. The molecule has 0 aliphatic rings. The standard InChI is InChI=1S/C24H17ClN6OS/c25-18-11-13-19(14-12-18)31-20(27-28-24(31)33)15-30-23(32)26-21(16-7-3-1-4-8-16)22(29-30)17-9-5-2-6-10-17/h1-14H,15H2,(H,28,33). The molecule has 0 spiro atoms. The number of nitrogens with zero attached hydrogens (tertiary/aromatic N) is 5. The fourth-order valence-corrected chi connectivity index (χ4v) is 3.92. The van der Waals surface area contributed by atoms with Gasteiger partial charge in [0.2, 0.25) is 0 Å². The summed E-state index contributed by atoms with van der Waals surface area (Å²) in [6.45, 7) is 0.0799. The third-order valence-corrected chi connectivity index (χ3v) is 5.61. The van der Waals surface area contributed by atoms with Gasteiger partial charge < -0.3 is 0 Å². The first kappa shape index (κ1) is 21.0. The normalized spacial score (nSPS) is 10.9. The van der Waals surface area contributed by atoms with E-state index in [1.807, 2.05) is 72.8 Å². The van der Waals surface area contributed by atoms with Crippen LogP contribution in [0.1, 0.15) is 5.82 Å². The topological polar surface area (TPSA) is 81.4 Å². The van der Waals surface area contributed by atoms with Gasteiger partial charge in [0.1, 0.15) is 17.9 Å². The lowest BCUT2D eigenvalue weighted by Gasteiger charge is -2.12. The van der Waals surface area contributed by atoms with Gasteiger partial charge in [-0.1, -0.05) is 72.3 Å². The Labute approximate surface area is 199 Å². The molecule has 0 saturated heterocycles. The molecular formula is C24H17ClN6OS. The Morgan fingerprint density at radius 2 is 1.45 bits per heavy atom. The highest BCUT2D eigenvalue weighted by Crippen LogP contribution is 2.27. The third-order valence-electron chi connectivity index (χ3n) is 5.09. The summed E-state index contributed by atoms with van der Waals surface area (Å²) in [6, 6.07) is 26.4. The van der Waals surface area contributed by atoms with E-state index in [1.54, 1.807) is 16.7 Å². The molecule has 0 amide bonds. The van der Waals surface area contributed by atoms with Crippen LogP contribution in [0.3, 0.4) is 0 Å². The number of hydrogen-bond acceptors (Lipinski definition) is 5. The van der Waals surface area contributed by atoms with Crippen molar-refractivity contribution < 1.29 is 0 Å². The van der Waals surface area contributed by atoms with Crippen LogP contribution in [0.15, 0.2) is 89.7 Å². The molecule has 0 bridgehead atoms. The summed E-state index contributed by atoms with van der Waals surface area (Å²) in [7, 11) is 0. The minimum atomic E-state index is -0.481. The van der Waals surface area contributed by atoms with E-state index >= 15 is 0 Å². The highest BCUT2D eigenvalue weighted by Gasteiger charge is 2.17. The second-order valence-corrected chi connectivity index (χ2v) is 8.06. The summed E-state index contributed by atoms with van der Waals surface area (Å²) in [5.74, 6) is 0.519. The predicted molar refractivity (Wildman–Crippen MR) is 130 cm³/mol. The molecule has 162 valence electrons. The van der Waals surface area contributed by atoms with Gasteiger partial charge in [0.05, 0.1) is 0 Å². The van der Waals surface area contributed by atoms with Crippen molar-refractivity contribution in [1.29, 1.82) is 0 Å². The van der Waals surface area contributed by atoms with Crippen LogP contribution in [-0.4, -0.2) is 29.5 Å². The van der Waals surface area contributed by atoms with Crippen molar-refractivity contribution in [2.75, 3.05) is 0 Å². The number of hydrogen-bond donors (Lipinski definition) is 1. The van der Waals surface area contributed by atoms with Crippen LogP contribution in [0.4, 0.5) is 0 Å². The molecule has 1 N–H and O–H groups in total. The second kappa shape index (κ2) is 8.93. The van der Waals surface area contributed by atoms with E-state index in [1.165, 1.54) is 4.68 Å². The molecule has 9 heteroatoms. The SMILES string of the molecule is O=c1nc(-c2ccccc2)c(-c2ccccc2)nn1Cc1n[nH]c(=S)n1-c1ccc(Cl)cc1. The number of aromatic nitrogens is 6. The first-order valence-corrected chi connectivity index (χ1v) is 10.9. The number of nitrogens with one attached hydrogen (secondary N) is 1. The summed E-state index contributed by atoms with van der Waals surface area (Å²) < 4.78 is 3.44. The summed E-state index contributed by atoms with van der Waals surface area (Å²) in [5, 5.41) is 12.4. The fraction of sp³-hybridized carbons (Fsp3) is 0.0417. The van der Waals surface area contributed by atoms with Crippen molar-refractivity contribution >= 4 is 23.8 Å². The highest BCUT2D eigenvalue weighted by atomic mass is 35.5. The molecule has 5 aromatic rings. The van der Waals surface area contributed by atoms with Gasteiger partial charge >= 0.3 is 5.69 Å². The average Bonchev–Trinajstić information content (AvgIpc) is 3.21. The van der Waals surface area contributed by atoms with Crippen LogP contribution >= 0.6 is 23.8 Å². The molecule has 0 unspecified atom stereocenters. The lowest BCUT2D eigenvalue weighted by molar-refractivity contribution is 0.590. The van der Waals surface area contributed by atoms with Crippen molar-refractivity contribution in [3.8, 4) is 28.2 Å². The number of aromatic amines is 1. The Balaban J connectivity index is 1.63. The van der Waals surface area contributed by atoms with E-state index in [0.29, 0.717) is 27.0 Å². The first-order chi connectivity index (χ1) is 16.1. The predicted octanol–water partition coefficient (Wildman–Crippen LogP) is 4.92. The highest BCUT2D eigenvalue weighted by molar-refractivity contribution is 7.71. The van der Waals surface area contributed by atoms with Crippen LogP contribution in [0.2, 0.25) is 5.02 Å². The Bertz CT molecular complexity index is 1530. The van der Waals surface area contributed by atoms with E-state index in [9.17, 15) is 4.79 Å². The molecule has 7 nitrogen and oxygen atoms in total. The zero-order valence-corrected chi connectivity index (χ0v) is 18.8. The maximum atomic E-state index is 13.0. The van der Waals surface area contributed by atoms with Gasteiger partial charge in [-0.15, -0.1) is 0 Å². The molecule has 5 rings (SSSR count). The molecule has 0 atom stereocenters. The van der Waals surface area contributed by atoms with Crippen molar-refractivity contribution in [3.05, 3.63) is 111 Å². The Kier molecular flexibility index (Phi) is 5.68. The molecule has 0 aliphatic heterocycles. The minimum Gasteiger partial charge on any atom is -0.271 e. The van der Waals surface area contributed by atoms with E-state index in [0.717, 1.165) is 16.8 Å². The first-order valence-electron chi connectivity index (χ1n) is 10.1. The molecule has 0 fully saturated rings.